The summed E-state index contributed by atoms with van der Waals surface area (Å²) in [5.41, 5.74) is 0.779. The Kier molecular flexibility index (Phi) is 5.16. The maximum absolute atomic E-state index is 12.4. The molecule has 6 heteroatoms. The van der Waals surface area contributed by atoms with E-state index in [9.17, 15) is 9.90 Å². The molecule has 3 rings (SSSR count). The number of carbonyl (C=O) groups is 1. The zero-order chi connectivity index (χ0) is 16.2. The van der Waals surface area contributed by atoms with Gasteiger partial charge in [0.05, 0.1) is 16.0 Å². The predicted molar refractivity (Wildman–Crippen MR) is 92.7 cm³/mol. The number of halogens is 1. The van der Waals surface area contributed by atoms with E-state index in [0.717, 1.165) is 5.56 Å². The number of nitrogens with one attached hydrogen (secondary N) is 1. The number of likely N-dealkylation sites (tertiary alicyclic amines) is 1. The standard InChI is InChI=1S/C17H17ClN2O2S/c18-14-4-2-1-3-12(14)5-6-16-19-11-15(23-16)17(22)20-9-7-13(21)8-10-20/h1-4,11,13,16,19,21H,7-10H2. The molecular weight excluding hydrogens is 332 g/mol. The van der Waals surface area contributed by atoms with Crippen LogP contribution in [0.15, 0.2) is 35.4 Å². The van der Waals surface area contributed by atoms with Crippen LogP contribution < -0.4 is 5.32 Å². The Labute approximate surface area is 144 Å². The Morgan fingerprint density at radius 2 is 2.09 bits per heavy atom. The minimum atomic E-state index is -0.281. The van der Waals surface area contributed by atoms with E-state index in [1.807, 2.05) is 18.2 Å². The smallest absolute Gasteiger partial charge is 0.261 e. The Morgan fingerprint density at radius 1 is 1.35 bits per heavy atom. The summed E-state index contributed by atoms with van der Waals surface area (Å²) in [6.07, 6.45) is 2.74. The fourth-order valence-electron chi connectivity index (χ4n) is 2.46. The molecule has 1 amide bonds. The molecule has 1 aromatic carbocycles. The Hall–Kier alpha value is -1.61. The summed E-state index contributed by atoms with van der Waals surface area (Å²) in [6, 6.07) is 7.43. The van der Waals surface area contributed by atoms with E-state index in [1.165, 1.54) is 11.8 Å². The summed E-state index contributed by atoms with van der Waals surface area (Å²) in [4.78, 5) is 14.9. The molecule has 1 saturated heterocycles. The molecule has 0 radical (unpaired) electrons. The van der Waals surface area contributed by atoms with E-state index >= 15 is 0 Å². The van der Waals surface area contributed by atoms with Gasteiger partial charge in [-0.3, -0.25) is 4.79 Å². The molecule has 0 saturated carbocycles. The quantitative estimate of drug-likeness (QED) is 0.764. The third-order valence-electron chi connectivity index (χ3n) is 3.78. The number of thioether (sulfide) groups is 1. The van der Waals surface area contributed by atoms with Crippen molar-refractivity contribution in [2.75, 3.05) is 13.1 Å². The summed E-state index contributed by atoms with van der Waals surface area (Å²) in [6.45, 7) is 1.21. The SMILES string of the molecule is O=C(C1=CNC(C#Cc2ccccc2Cl)S1)N1CCC(O)CC1. The van der Waals surface area contributed by atoms with Gasteiger partial charge >= 0.3 is 0 Å². The van der Waals surface area contributed by atoms with E-state index in [2.05, 4.69) is 17.2 Å². The van der Waals surface area contributed by atoms with Crippen LogP contribution in [0, 0.1) is 11.8 Å². The summed E-state index contributed by atoms with van der Waals surface area (Å²) < 4.78 is 0. The summed E-state index contributed by atoms with van der Waals surface area (Å²) in [7, 11) is 0. The molecular formula is C17H17ClN2O2S. The lowest BCUT2D eigenvalue weighted by atomic mass is 10.1. The number of carbonyl (C=O) groups excluding carboxylic acids is 1. The first kappa shape index (κ1) is 16.3. The van der Waals surface area contributed by atoms with E-state index in [1.54, 1.807) is 17.2 Å². The highest BCUT2D eigenvalue weighted by Crippen LogP contribution is 2.28. The van der Waals surface area contributed by atoms with Gasteiger partial charge in [0.15, 0.2) is 0 Å². The topological polar surface area (TPSA) is 52.6 Å². The number of aliphatic hydroxyl groups is 1. The van der Waals surface area contributed by atoms with Crippen LogP contribution in [-0.4, -0.2) is 40.5 Å². The summed E-state index contributed by atoms with van der Waals surface area (Å²) in [5.74, 6) is 6.14. The molecule has 1 unspecified atom stereocenters. The first-order chi connectivity index (χ1) is 11.1. The lowest BCUT2D eigenvalue weighted by Crippen LogP contribution is -2.40. The Morgan fingerprint density at radius 3 is 2.83 bits per heavy atom. The first-order valence-corrected chi connectivity index (χ1v) is 8.75. The number of hydrogen-bond acceptors (Lipinski definition) is 4. The van der Waals surface area contributed by atoms with E-state index in [-0.39, 0.29) is 17.4 Å². The second kappa shape index (κ2) is 7.31. The second-order valence-electron chi connectivity index (χ2n) is 5.45. The Balaban J connectivity index is 1.58. The molecule has 23 heavy (non-hydrogen) atoms. The average molecular weight is 349 g/mol. The third-order valence-corrected chi connectivity index (χ3v) is 5.15. The minimum Gasteiger partial charge on any atom is -0.393 e. The van der Waals surface area contributed by atoms with Crippen molar-refractivity contribution in [3.63, 3.8) is 0 Å². The molecule has 0 aromatic heterocycles. The monoisotopic (exact) mass is 348 g/mol. The molecule has 1 atom stereocenters. The predicted octanol–water partition coefficient (Wildman–Crippen LogP) is 2.18. The number of amides is 1. The highest BCUT2D eigenvalue weighted by atomic mass is 35.5. The fraction of sp³-hybridized carbons (Fsp3) is 0.353. The molecule has 1 aromatic rings. The number of piperidine rings is 1. The van der Waals surface area contributed by atoms with Gasteiger partial charge in [-0.25, -0.2) is 0 Å². The van der Waals surface area contributed by atoms with Crippen LogP contribution in [-0.2, 0) is 4.79 Å². The normalized spacial score (nSPS) is 21.2. The molecule has 2 aliphatic rings. The number of hydrogen-bond donors (Lipinski definition) is 2. The van der Waals surface area contributed by atoms with Gasteiger partial charge in [0.1, 0.15) is 5.37 Å². The summed E-state index contributed by atoms with van der Waals surface area (Å²) >= 11 is 7.50. The Bertz CT molecular complexity index is 687. The van der Waals surface area contributed by atoms with Crippen LogP contribution >= 0.6 is 23.4 Å². The highest BCUT2D eigenvalue weighted by Gasteiger charge is 2.28. The molecule has 2 aliphatic heterocycles. The first-order valence-electron chi connectivity index (χ1n) is 7.50. The van der Waals surface area contributed by atoms with Crippen LogP contribution in [0.3, 0.4) is 0 Å². The van der Waals surface area contributed by atoms with Crippen LogP contribution in [0.4, 0.5) is 0 Å². The molecule has 0 spiro atoms. The second-order valence-corrected chi connectivity index (χ2v) is 7.00. The van der Waals surface area contributed by atoms with Gasteiger partial charge < -0.3 is 15.3 Å². The van der Waals surface area contributed by atoms with Crippen molar-refractivity contribution in [3.8, 4) is 11.8 Å². The van der Waals surface area contributed by atoms with Crippen molar-refractivity contribution in [2.24, 2.45) is 0 Å². The van der Waals surface area contributed by atoms with E-state index in [4.69, 9.17) is 11.6 Å². The molecule has 4 nitrogen and oxygen atoms in total. The zero-order valence-corrected chi connectivity index (χ0v) is 14.0. The molecule has 0 aliphatic carbocycles. The van der Waals surface area contributed by atoms with Crippen molar-refractivity contribution in [1.29, 1.82) is 0 Å². The third kappa shape index (κ3) is 4.03. The van der Waals surface area contributed by atoms with Crippen molar-refractivity contribution in [1.82, 2.24) is 10.2 Å². The zero-order valence-electron chi connectivity index (χ0n) is 12.5. The molecule has 1 fully saturated rings. The van der Waals surface area contributed by atoms with Crippen molar-refractivity contribution in [3.05, 3.63) is 46.0 Å². The highest BCUT2D eigenvalue weighted by molar-refractivity contribution is 8.05. The summed E-state index contributed by atoms with van der Waals surface area (Å²) in [5, 5.41) is 13.1. The minimum absolute atomic E-state index is 0.0106. The maximum Gasteiger partial charge on any atom is 0.261 e. The number of aliphatic hydroxyl groups excluding tert-OH is 1. The number of nitrogens with zero attached hydrogens (tertiary/aromatic N) is 1. The lowest BCUT2D eigenvalue weighted by molar-refractivity contribution is -0.128. The average Bonchev–Trinajstić information content (AvgIpc) is 3.03. The van der Waals surface area contributed by atoms with Crippen LogP contribution in [0.1, 0.15) is 18.4 Å². The van der Waals surface area contributed by atoms with Crippen molar-refractivity contribution in [2.45, 2.75) is 24.3 Å². The van der Waals surface area contributed by atoms with Crippen molar-refractivity contribution < 1.29 is 9.90 Å². The molecule has 2 N–H and O–H groups in total. The van der Waals surface area contributed by atoms with Gasteiger partial charge in [0.2, 0.25) is 0 Å². The van der Waals surface area contributed by atoms with Crippen molar-refractivity contribution >= 4 is 29.3 Å². The van der Waals surface area contributed by atoms with Gasteiger partial charge in [0.25, 0.3) is 5.91 Å². The van der Waals surface area contributed by atoms with Gasteiger partial charge in [-0.15, -0.1) is 0 Å². The molecule has 120 valence electrons. The van der Waals surface area contributed by atoms with E-state index in [0.29, 0.717) is 35.9 Å². The van der Waals surface area contributed by atoms with Gasteiger partial charge in [-0.1, -0.05) is 47.3 Å². The van der Waals surface area contributed by atoms with Gasteiger partial charge in [-0.05, 0) is 25.0 Å². The number of rotatable bonds is 1. The van der Waals surface area contributed by atoms with E-state index < -0.39 is 0 Å². The van der Waals surface area contributed by atoms with Crippen LogP contribution in [0.25, 0.3) is 0 Å². The van der Waals surface area contributed by atoms with Crippen LogP contribution in [0.2, 0.25) is 5.02 Å². The van der Waals surface area contributed by atoms with Crippen LogP contribution in [0.5, 0.6) is 0 Å². The maximum atomic E-state index is 12.4. The van der Waals surface area contributed by atoms with Gasteiger partial charge in [-0.2, -0.15) is 0 Å². The molecule has 2 heterocycles. The number of benzene rings is 1. The fourth-order valence-corrected chi connectivity index (χ4v) is 3.52. The molecule has 0 bridgehead atoms. The lowest BCUT2D eigenvalue weighted by Gasteiger charge is -2.29. The largest absolute Gasteiger partial charge is 0.393 e. The van der Waals surface area contributed by atoms with Gasteiger partial charge in [0, 0.05) is 24.9 Å².